The Morgan fingerprint density at radius 3 is 2.50 bits per heavy atom. The maximum Gasteiger partial charge on any atom is 0.225 e. The van der Waals surface area contributed by atoms with Gasteiger partial charge in [-0.3, -0.25) is 14.7 Å². The first kappa shape index (κ1) is 19.5. The van der Waals surface area contributed by atoms with Gasteiger partial charge in [0, 0.05) is 44.7 Å². The number of hydrogen-bond acceptors (Lipinski definition) is 3. The summed E-state index contributed by atoms with van der Waals surface area (Å²) in [6.07, 6.45) is 9.46. The smallest absolute Gasteiger partial charge is 0.225 e. The first-order valence-electron chi connectivity index (χ1n) is 10.7. The Bertz CT molecular complexity index is 483. The lowest BCUT2D eigenvalue weighted by Gasteiger charge is -2.28. The predicted molar refractivity (Wildman–Crippen MR) is 106 cm³/mol. The van der Waals surface area contributed by atoms with Crippen molar-refractivity contribution in [2.45, 2.75) is 70.4 Å². The van der Waals surface area contributed by atoms with Crippen LogP contribution in [-0.4, -0.2) is 73.5 Å². The van der Waals surface area contributed by atoms with Gasteiger partial charge in [-0.05, 0) is 51.6 Å². The average Bonchev–Trinajstić information content (AvgIpc) is 3.42. The Balaban J connectivity index is 1.42. The number of likely N-dealkylation sites (tertiary alicyclic amines) is 2. The van der Waals surface area contributed by atoms with Crippen LogP contribution < -0.4 is 10.6 Å². The van der Waals surface area contributed by atoms with Crippen molar-refractivity contribution in [3.8, 4) is 0 Å². The molecule has 3 rings (SSSR count). The van der Waals surface area contributed by atoms with E-state index in [1.165, 1.54) is 38.8 Å². The van der Waals surface area contributed by atoms with E-state index in [4.69, 9.17) is 0 Å². The van der Waals surface area contributed by atoms with Crippen LogP contribution in [0.4, 0.5) is 0 Å². The number of aliphatic imine (C=N–C) groups is 1. The van der Waals surface area contributed by atoms with Gasteiger partial charge in [-0.1, -0.05) is 19.8 Å². The van der Waals surface area contributed by atoms with Crippen LogP contribution in [0.25, 0.3) is 0 Å². The first-order valence-corrected chi connectivity index (χ1v) is 10.7. The first-order chi connectivity index (χ1) is 12.7. The lowest BCUT2D eigenvalue weighted by atomic mass is 10.1. The molecule has 26 heavy (non-hydrogen) atoms. The van der Waals surface area contributed by atoms with Gasteiger partial charge in [0.15, 0.2) is 5.96 Å². The van der Waals surface area contributed by atoms with Crippen LogP contribution in [0, 0.1) is 5.92 Å². The van der Waals surface area contributed by atoms with Crippen LogP contribution in [0.1, 0.15) is 58.3 Å². The van der Waals surface area contributed by atoms with Crippen molar-refractivity contribution in [3.05, 3.63) is 0 Å². The number of rotatable bonds is 6. The van der Waals surface area contributed by atoms with Crippen LogP contribution in [-0.2, 0) is 4.79 Å². The summed E-state index contributed by atoms with van der Waals surface area (Å²) in [5.41, 5.74) is 0. The molecule has 2 N–H and O–H groups in total. The second kappa shape index (κ2) is 9.58. The third-order valence-corrected chi connectivity index (χ3v) is 6.40. The molecule has 1 saturated carbocycles. The molecule has 0 spiro atoms. The van der Waals surface area contributed by atoms with Crippen molar-refractivity contribution in [3.63, 3.8) is 0 Å². The summed E-state index contributed by atoms with van der Waals surface area (Å²) in [5, 5.41) is 7.05. The van der Waals surface area contributed by atoms with Crippen LogP contribution >= 0.6 is 0 Å². The molecule has 1 amide bonds. The number of carbonyl (C=O) groups is 1. The molecule has 0 bridgehead atoms. The molecule has 2 unspecified atom stereocenters. The number of amides is 1. The molecular weight excluding hydrogens is 326 g/mol. The number of hydrogen-bond donors (Lipinski definition) is 2. The van der Waals surface area contributed by atoms with Crippen LogP contribution in [0.5, 0.6) is 0 Å². The van der Waals surface area contributed by atoms with E-state index < -0.39 is 0 Å². The molecule has 2 aliphatic heterocycles. The fourth-order valence-electron chi connectivity index (χ4n) is 4.75. The summed E-state index contributed by atoms with van der Waals surface area (Å²) in [7, 11) is 1.84. The lowest BCUT2D eigenvalue weighted by Crippen LogP contribution is -2.49. The molecule has 1 aliphatic carbocycles. The van der Waals surface area contributed by atoms with Gasteiger partial charge in [0.25, 0.3) is 0 Å². The summed E-state index contributed by atoms with van der Waals surface area (Å²) >= 11 is 0. The highest BCUT2D eigenvalue weighted by atomic mass is 16.2. The quantitative estimate of drug-likeness (QED) is 0.558. The Morgan fingerprint density at radius 2 is 1.85 bits per heavy atom. The van der Waals surface area contributed by atoms with Gasteiger partial charge in [0.2, 0.25) is 5.91 Å². The highest BCUT2D eigenvalue weighted by molar-refractivity contribution is 5.81. The largest absolute Gasteiger partial charge is 0.355 e. The SMILES string of the molecule is CCC(CNC(=NC)NC1CCN(C(=O)C2CCCC2)C1)N1CCCC1. The van der Waals surface area contributed by atoms with Crippen molar-refractivity contribution in [2.24, 2.45) is 10.9 Å². The Labute approximate surface area is 158 Å². The molecule has 0 radical (unpaired) electrons. The maximum atomic E-state index is 12.6. The minimum Gasteiger partial charge on any atom is -0.355 e. The van der Waals surface area contributed by atoms with E-state index in [0.29, 0.717) is 18.0 Å². The van der Waals surface area contributed by atoms with Crippen LogP contribution in [0.2, 0.25) is 0 Å². The highest BCUT2D eigenvalue weighted by Crippen LogP contribution is 2.27. The monoisotopic (exact) mass is 363 g/mol. The molecule has 3 fully saturated rings. The third kappa shape index (κ3) is 4.90. The summed E-state index contributed by atoms with van der Waals surface area (Å²) in [6, 6.07) is 0.901. The zero-order valence-corrected chi connectivity index (χ0v) is 16.7. The van der Waals surface area contributed by atoms with Crippen LogP contribution in [0.15, 0.2) is 4.99 Å². The normalized spacial score (nSPS) is 26.5. The fourth-order valence-corrected chi connectivity index (χ4v) is 4.75. The minimum atomic E-state index is 0.289. The second-order valence-electron chi connectivity index (χ2n) is 8.15. The second-order valence-corrected chi connectivity index (χ2v) is 8.15. The van der Waals surface area contributed by atoms with Crippen molar-refractivity contribution >= 4 is 11.9 Å². The van der Waals surface area contributed by atoms with Gasteiger partial charge in [-0.15, -0.1) is 0 Å². The zero-order chi connectivity index (χ0) is 18.4. The number of nitrogens with zero attached hydrogens (tertiary/aromatic N) is 3. The van der Waals surface area contributed by atoms with Gasteiger partial charge in [0.1, 0.15) is 0 Å². The fraction of sp³-hybridized carbons (Fsp3) is 0.900. The van der Waals surface area contributed by atoms with E-state index in [2.05, 4.69) is 32.3 Å². The molecule has 2 saturated heterocycles. The molecule has 148 valence electrons. The number of carbonyl (C=O) groups excluding carboxylic acids is 1. The molecule has 0 aromatic rings. The topological polar surface area (TPSA) is 60.0 Å². The molecule has 0 aromatic carbocycles. The predicted octanol–water partition coefficient (Wildman–Crippen LogP) is 1.82. The Kier molecular flexibility index (Phi) is 7.17. The maximum absolute atomic E-state index is 12.6. The summed E-state index contributed by atoms with van der Waals surface area (Å²) in [6.45, 7) is 7.37. The summed E-state index contributed by atoms with van der Waals surface area (Å²) in [4.78, 5) is 21.7. The van der Waals surface area contributed by atoms with E-state index in [1.54, 1.807) is 0 Å². The van der Waals surface area contributed by atoms with E-state index in [0.717, 1.165) is 51.3 Å². The molecule has 0 aromatic heterocycles. The number of nitrogens with one attached hydrogen (secondary N) is 2. The van der Waals surface area contributed by atoms with Gasteiger partial charge < -0.3 is 15.5 Å². The van der Waals surface area contributed by atoms with Gasteiger partial charge in [-0.2, -0.15) is 0 Å². The van der Waals surface area contributed by atoms with Gasteiger partial charge in [-0.25, -0.2) is 0 Å². The minimum absolute atomic E-state index is 0.289. The van der Waals surface area contributed by atoms with Crippen molar-refractivity contribution < 1.29 is 4.79 Å². The van der Waals surface area contributed by atoms with E-state index >= 15 is 0 Å². The zero-order valence-electron chi connectivity index (χ0n) is 16.7. The van der Waals surface area contributed by atoms with Crippen molar-refractivity contribution in [1.82, 2.24) is 20.4 Å². The van der Waals surface area contributed by atoms with Crippen LogP contribution in [0.3, 0.4) is 0 Å². The molecule has 3 aliphatic rings. The standard InChI is InChI=1S/C20H37N5O/c1-3-18(24-11-6-7-12-24)14-22-20(21-2)23-17-10-13-25(15-17)19(26)16-8-4-5-9-16/h16-18H,3-15H2,1-2H3,(H2,21,22,23). The summed E-state index contributed by atoms with van der Waals surface area (Å²) < 4.78 is 0. The average molecular weight is 364 g/mol. The van der Waals surface area contributed by atoms with E-state index in [1.807, 2.05) is 7.05 Å². The van der Waals surface area contributed by atoms with E-state index in [-0.39, 0.29) is 5.92 Å². The number of guanidine groups is 1. The Morgan fingerprint density at radius 1 is 1.12 bits per heavy atom. The molecule has 6 nitrogen and oxygen atoms in total. The lowest BCUT2D eigenvalue weighted by molar-refractivity contribution is -0.134. The van der Waals surface area contributed by atoms with Gasteiger partial charge in [0.05, 0.1) is 0 Å². The molecule has 2 heterocycles. The molecular formula is C20H37N5O. The Hall–Kier alpha value is -1.30. The molecule has 6 heteroatoms. The van der Waals surface area contributed by atoms with Crippen molar-refractivity contribution in [1.29, 1.82) is 0 Å². The third-order valence-electron chi connectivity index (χ3n) is 6.40. The highest BCUT2D eigenvalue weighted by Gasteiger charge is 2.32. The summed E-state index contributed by atoms with van der Waals surface area (Å²) in [5.74, 6) is 1.55. The van der Waals surface area contributed by atoms with Crippen molar-refractivity contribution in [2.75, 3.05) is 39.8 Å². The van der Waals surface area contributed by atoms with Gasteiger partial charge >= 0.3 is 0 Å². The van der Waals surface area contributed by atoms with E-state index in [9.17, 15) is 4.79 Å². The molecule has 2 atom stereocenters.